The van der Waals surface area contributed by atoms with Gasteiger partial charge in [-0.3, -0.25) is 4.55 Å². The zero-order valence-electron chi connectivity index (χ0n) is 9.41. The minimum Gasteiger partial charge on any atom is -0.373 e. The molecule has 0 saturated carbocycles. The fourth-order valence-electron chi connectivity index (χ4n) is 1.84. The Bertz CT molecular complexity index is 505. The van der Waals surface area contributed by atoms with E-state index >= 15 is 0 Å². The van der Waals surface area contributed by atoms with Crippen LogP contribution in [0.15, 0.2) is 41.4 Å². The average molecular weight is 253 g/mol. The molecule has 0 atom stereocenters. The van der Waals surface area contributed by atoms with Crippen LogP contribution in [0.4, 0.5) is 0 Å². The van der Waals surface area contributed by atoms with E-state index in [1.165, 1.54) is 12.1 Å². The van der Waals surface area contributed by atoms with Gasteiger partial charge in [0.25, 0.3) is 10.1 Å². The van der Waals surface area contributed by atoms with Gasteiger partial charge >= 0.3 is 0 Å². The summed E-state index contributed by atoms with van der Waals surface area (Å²) < 4.78 is 30.6. The second-order valence-corrected chi connectivity index (χ2v) is 5.54. The lowest BCUT2D eigenvalue weighted by molar-refractivity contribution is 0.348. The van der Waals surface area contributed by atoms with E-state index in [1.54, 1.807) is 12.1 Å². The van der Waals surface area contributed by atoms with Gasteiger partial charge in [-0.1, -0.05) is 18.2 Å². The SMILES string of the molecule is O=S(=O)(O)c1ccc(CN2C=CCCC2)cc1. The van der Waals surface area contributed by atoms with Crippen molar-refractivity contribution in [2.75, 3.05) is 6.54 Å². The highest BCUT2D eigenvalue weighted by Gasteiger charge is 2.09. The lowest BCUT2D eigenvalue weighted by atomic mass is 10.2. The first-order chi connectivity index (χ1) is 8.05. The summed E-state index contributed by atoms with van der Waals surface area (Å²) in [6.07, 6.45) is 6.48. The van der Waals surface area contributed by atoms with Crippen LogP contribution in [0.3, 0.4) is 0 Å². The standard InChI is InChI=1S/C12H15NO3S/c14-17(15,16)12-6-4-11(5-7-12)10-13-8-2-1-3-9-13/h2,4-8H,1,3,9-10H2,(H,14,15,16). The molecule has 1 N–H and O–H groups in total. The van der Waals surface area contributed by atoms with Gasteiger partial charge in [0.1, 0.15) is 0 Å². The molecule has 1 aliphatic rings. The van der Waals surface area contributed by atoms with Gasteiger partial charge in [0, 0.05) is 13.1 Å². The molecule has 0 saturated heterocycles. The summed E-state index contributed by atoms with van der Waals surface area (Å²) in [5, 5.41) is 0. The van der Waals surface area contributed by atoms with Crippen molar-refractivity contribution in [1.29, 1.82) is 0 Å². The van der Waals surface area contributed by atoms with Gasteiger partial charge in [0.05, 0.1) is 4.90 Å². The molecule has 0 aromatic heterocycles. The third-order valence-electron chi connectivity index (χ3n) is 2.74. The molecule has 0 bridgehead atoms. The van der Waals surface area contributed by atoms with E-state index in [1.807, 2.05) is 0 Å². The van der Waals surface area contributed by atoms with Crippen LogP contribution in [-0.2, 0) is 16.7 Å². The summed E-state index contributed by atoms with van der Waals surface area (Å²) >= 11 is 0. The zero-order valence-corrected chi connectivity index (χ0v) is 10.2. The third-order valence-corrected chi connectivity index (χ3v) is 3.61. The smallest absolute Gasteiger partial charge is 0.294 e. The Morgan fingerprint density at radius 3 is 2.47 bits per heavy atom. The minimum atomic E-state index is -4.08. The Balaban J connectivity index is 2.08. The fraction of sp³-hybridized carbons (Fsp3) is 0.333. The monoisotopic (exact) mass is 253 g/mol. The number of benzene rings is 1. The topological polar surface area (TPSA) is 57.6 Å². The summed E-state index contributed by atoms with van der Waals surface area (Å²) in [6.45, 7) is 1.79. The summed E-state index contributed by atoms with van der Waals surface area (Å²) in [5.41, 5.74) is 1.03. The molecule has 92 valence electrons. The van der Waals surface area contributed by atoms with Gasteiger partial charge in [-0.2, -0.15) is 8.42 Å². The van der Waals surface area contributed by atoms with Crippen LogP contribution in [0.5, 0.6) is 0 Å². The molecule has 4 nitrogen and oxygen atoms in total. The van der Waals surface area contributed by atoms with Gasteiger partial charge in [-0.15, -0.1) is 0 Å². The zero-order chi connectivity index (χ0) is 12.3. The molecule has 17 heavy (non-hydrogen) atoms. The quantitative estimate of drug-likeness (QED) is 0.837. The third kappa shape index (κ3) is 3.31. The summed E-state index contributed by atoms with van der Waals surface area (Å²) in [7, 11) is -4.08. The van der Waals surface area contributed by atoms with Crippen LogP contribution in [0.1, 0.15) is 18.4 Å². The highest BCUT2D eigenvalue weighted by Crippen LogP contribution is 2.14. The Kier molecular flexibility index (Phi) is 3.49. The van der Waals surface area contributed by atoms with E-state index in [-0.39, 0.29) is 4.90 Å². The van der Waals surface area contributed by atoms with Crippen LogP contribution in [-0.4, -0.2) is 24.4 Å². The molecule has 1 aliphatic heterocycles. The second-order valence-electron chi connectivity index (χ2n) is 4.12. The Morgan fingerprint density at radius 2 is 1.94 bits per heavy atom. The first kappa shape index (κ1) is 12.1. The van der Waals surface area contributed by atoms with Gasteiger partial charge in [-0.05, 0) is 36.7 Å². The molecule has 1 heterocycles. The van der Waals surface area contributed by atoms with Crippen molar-refractivity contribution in [3.8, 4) is 0 Å². The normalized spacial score (nSPS) is 16.2. The molecular weight excluding hydrogens is 238 g/mol. The van der Waals surface area contributed by atoms with Crippen molar-refractivity contribution in [1.82, 2.24) is 4.90 Å². The van der Waals surface area contributed by atoms with Gasteiger partial charge in [-0.25, -0.2) is 0 Å². The number of nitrogens with zero attached hydrogens (tertiary/aromatic N) is 1. The highest BCUT2D eigenvalue weighted by atomic mass is 32.2. The molecule has 1 aromatic rings. The van der Waals surface area contributed by atoms with Crippen molar-refractivity contribution in [2.24, 2.45) is 0 Å². The molecule has 1 aromatic carbocycles. The van der Waals surface area contributed by atoms with E-state index in [9.17, 15) is 8.42 Å². The molecule has 0 fully saturated rings. The molecule has 0 amide bonds. The minimum absolute atomic E-state index is 0.0598. The predicted molar refractivity (Wildman–Crippen MR) is 65.0 cm³/mol. The van der Waals surface area contributed by atoms with Crippen LogP contribution >= 0.6 is 0 Å². The van der Waals surface area contributed by atoms with Crippen molar-refractivity contribution in [2.45, 2.75) is 24.3 Å². The van der Waals surface area contributed by atoms with Crippen LogP contribution < -0.4 is 0 Å². The van der Waals surface area contributed by atoms with E-state index < -0.39 is 10.1 Å². The largest absolute Gasteiger partial charge is 0.373 e. The van der Waals surface area contributed by atoms with E-state index in [4.69, 9.17) is 4.55 Å². The Labute approximate surface area is 101 Å². The molecular formula is C12H15NO3S. The van der Waals surface area contributed by atoms with Crippen LogP contribution in [0.25, 0.3) is 0 Å². The number of allylic oxidation sites excluding steroid dienone is 1. The Hall–Kier alpha value is -1.33. The molecule has 0 radical (unpaired) electrons. The molecule has 5 heteroatoms. The van der Waals surface area contributed by atoms with E-state index in [0.717, 1.165) is 31.5 Å². The molecule has 0 unspecified atom stereocenters. The molecule has 0 spiro atoms. The van der Waals surface area contributed by atoms with Gasteiger partial charge in [0.2, 0.25) is 0 Å². The summed E-state index contributed by atoms with van der Waals surface area (Å²) in [6, 6.07) is 6.31. The number of rotatable bonds is 3. The van der Waals surface area contributed by atoms with Gasteiger partial charge < -0.3 is 4.90 Å². The summed E-state index contributed by atoms with van der Waals surface area (Å²) in [4.78, 5) is 2.13. The van der Waals surface area contributed by atoms with Crippen LogP contribution in [0, 0.1) is 0 Å². The summed E-state index contributed by atoms with van der Waals surface area (Å²) in [5.74, 6) is 0. The highest BCUT2D eigenvalue weighted by molar-refractivity contribution is 7.85. The molecule has 2 rings (SSSR count). The number of hydrogen-bond donors (Lipinski definition) is 1. The van der Waals surface area contributed by atoms with E-state index in [2.05, 4.69) is 17.2 Å². The predicted octanol–water partition coefficient (Wildman–Crippen LogP) is 2.04. The van der Waals surface area contributed by atoms with Crippen molar-refractivity contribution in [3.05, 3.63) is 42.1 Å². The fourth-order valence-corrected chi connectivity index (χ4v) is 2.32. The first-order valence-electron chi connectivity index (χ1n) is 5.53. The first-order valence-corrected chi connectivity index (χ1v) is 6.97. The molecule has 0 aliphatic carbocycles. The maximum atomic E-state index is 10.9. The Morgan fingerprint density at radius 1 is 1.24 bits per heavy atom. The van der Waals surface area contributed by atoms with Crippen molar-refractivity contribution in [3.63, 3.8) is 0 Å². The van der Waals surface area contributed by atoms with E-state index in [0.29, 0.717) is 0 Å². The van der Waals surface area contributed by atoms with Crippen molar-refractivity contribution >= 4 is 10.1 Å². The lowest BCUT2D eigenvalue weighted by Crippen LogP contribution is -2.20. The average Bonchev–Trinajstić information content (AvgIpc) is 2.30. The second kappa shape index (κ2) is 4.89. The lowest BCUT2D eigenvalue weighted by Gasteiger charge is -2.23. The maximum Gasteiger partial charge on any atom is 0.294 e. The van der Waals surface area contributed by atoms with Gasteiger partial charge in [0.15, 0.2) is 0 Å². The van der Waals surface area contributed by atoms with Crippen molar-refractivity contribution < 1.29 is 13.0 Å². The van der Waals surface area contributed by atoms with Crippen LogP contribution in [0.2, 0.25) is 0 Å². The maximum absolute atomic E-state index is 10.9. The number of hydrogen-bond acceptors (Lipinski definition) is 3.